The van der Waals surface area contributed by atoms with E-state index in [2.05, 4.69) is 46.7 Å². The third-order valence-electron chi connectivity index (χ3n) is 7.56. The van der Waals surface area contributed by atoms with Gasteiger partial charge in [0.1, 0.15) is 5.75 Å². The van der Waals surface area contributed by atoms with Gasteiger partial charge in [0, 0.05) is 28.7 Å². The van der Waals surface area contributed by atoms with Crippen LogP contribution >= 0.6 is 0 Å². The fourth-order valence-electron chi connectivity index (χ4n) is 5.81. The van der Waals surface area contributed by atoms with Crippen molar-refractivity contribution in [1.29, 1.82) is 0 Å². The molecule has 0 amide bonds. The highest BCUT2D eigenvalue weighted by atomic mass is 16.3. The molecule has 0 saturated carbocycles. The molecule has 4 heteroatoms. The summed E-state index contributed by atoms with van der Waals surface area (Å²) in [6.07, 6.45) is 5.28. The molecular weight excluding hydrogens is 420 g/mol. The summed E-state index contributed by atoms with van der Waals surface area (Å²) in [7, 11) is 0. The van der Waals surface area contributed by atoms with Gasteiger partial charge in [-0.3, -0.25) is 9.69 Å². The molecule has 2 aliphatic rings. The monoisotopic (exact) mass is 450 g/mol. The molecule has 4 nitrogen and oxygen atoms in total. The van der Waals surface area contributed by atoms with Crippen LogP contribution < -0.4 is 0 Å². The lowest BCUT2D eigenvalue weighted by Crippen LogP contribution is -2.29. The SMILES string of the molecule is Cc1ccc(-n2c3c(c4c(CN5CCCCC5)c(O)ccc42)CCc2ccccc2C3=O)cc1. The Morgan fingerprint density at radius 3 is 2.44 bits per heavy atom. The maximum absolute atomic E-state index is 14.1. The number of aromatic nitrogens is 1. The molecule has 4 aromatic rings. The average Bonchev–Trinajstić information content (AvgIpc) is 3.12. The molecule has 3 aromatic carbocycles. The maximum Gasteiger partial charge on any atom is 0.210 e. The molecule has 0 atom stereocenters. The van der Waals surface area contributed by atoms with Crippen molar-refractivity contribution >= 4 is 16.7 Å². The van der Waals surface area contributed by atoms with Gasteiger partial charge in [-0.25, -0.2) is 0 Å². The number of likely N-dealkylation sites (tertiary alicyclic amines) is 1. The van der Waals surface area contributed by atoms with Gasteiger partial charge < -0.3 is 9.67 Å². The molecule has 1 fully saturated rings. The summed E-state index contributed by atoms with van der Waals surface area (Å²) in [5, 5.41) is 12.1. The minimum Gasteiger partial charge on any atom is -0.508 e. The molecule has 0 radical (unpaired) electrons. The highest BCUT2D eigenvalue weighted by molar-refractivity contribution is 6.14. The third kappa shape index (κ3) is 3.45. The highest BCUT2D eigenvalue weighted by Crippen LogP contribution is 2.40. The minimum absolute atomic E-state index is 0.0725. The zero-order valence-corrected chi connectivity index (χ0v) is 19.7. The van der Waals surface area contributed by atoms with Gasteiger partial charge in [0.2, 0.25) is 5.78 Å². The van der Waals surface area contributed by atoms with Crippen molar-refractivity contribution < 1.29 is 9.90 Å². The van der Waals surface area contributed by atoms with Crippen LogP contribution in [0.2, 0.25) is 0 Å². The second kappa shape index (κ2) is 8.44. The number of phenols is 1. The Bertz CT molecular complexity index is 1390. The van der Waals surface area contributed by atoms with Crippen LogP contribution in [0.3, 0.4) is 0 Å². The number of rotatable bonds is 3. The number of fused-ring (bicyclic) bond motifs is 4. The van der Waals surface area contributed by atoms with E-state index in [0.717, 1.165) is 70.5 Å². The number of carbonyl (C=O) groups excluding carboxylic acids is 1. The number of benzene rings is 3. The fraction of sp³-hybridized carbons (Fsp3) is 0.300. The summed E-state index contributed by atoms with van der Waals surface area (Å²) >= 11 is 0. The first kappa shape index (κ1) is 21.2. The molecule has 172 valence electrons. The van der Waals surface area contributed by atoms with Gasteiger partial charge in [0.15, 0.2) is 0 Å². The molecule has 1 N–H and O–H groups in total. The van der Waals surface area contributed by atoms with Gasteiger partial charge in [0.25, 0.3) is 0 Å². The number of hydrogen-bond donors (Lipinski definition) is 1. The van der Waals surface area contributed by atoms with Gasteiger partial charge in [-0.1, -0.05) is 48.4 Å². The van der Waals surface area contributed by atoms with E-state index in [1.54, 1.807) is 0 Å². The van der Waals surface area contributed by atoms with Crippen LogP contribution in [0.1, 0.15) is 57.6 Å². The second-order valence-electron chi connectivity index (χ2n) is 9.78. The largest absolute Gasteiger partial charge is 0.508 e. The predicted molar refractivity (Wildman–Crippen MR) is 136 cm³/mol. The summed E-state index contributed by atoms with van der Waals surface area (Å²) in [4.78, 5) is 16.5. The Labute approximate surface area is 200 Å². The molecule has 34 heavy (non-hydrogen) atoms. The molecule has 1 aromatic heterocycles. The lowest BCUT2D eigenvalue weighted by molar-refractivity contribution is 0.103. The van der Waals surface area contributed by atoms with Gasteiger partial charge in [0.05, 0.1) is 11.2 Å². The molecule has 1 saturated heterocycles. The predicted octanol–water partition coefficient (Wildman–Crippen LogP) is 5.96. The summed E-state index contributed by atoms with van der Waals surface area (Å²) in [6, 6.07) is 20.2. The van der Waals surface area contributed by atoms with Crippen LogP contribution in [0.5, 0.6) is 5.75 Å². The standard InChI is InChI=1S/C30H30N2O2/c1-20-9-12-22(13-10-20)32-26-15-16-27(33)25(19-31-17-5-2-6-18-31)28(26)24-14-11-21-7-3-4-8-23(21)30(34)29(24)32/h3-4,7-10,12-13,15-16,33H,2,5-6,11,14,17-19H2,1H3. The van der Waals surface area contributed by atoms with E-state index in [1.807, 2.05) is 30.3 Å². The van der Waals surface area contributed by atoms with Crippen molar-refractivity contribution in [3.63, 3.8) is 0 Å². The minimum atomic E-state index is 0.0725. The fourth-order valence-corrected chi connectivity index (χ4v) is 5.81. The van der Waals surface area contributed by atoms with Crippen molar-refractivity contribution in [2.75, 3.05) is 13.1 Å². The number of phenolic OH excluding ortho intramolecular Hbond substituents is 1. The maximum atomic E-state index is 14.1. The lowest BCUT2D eigenvalue weighted by Gasteiger charge is -2.27. The number of aryl methyl sites for hydroxylation is 3. The van der Waals surface area contributed by atoms with Crippen molar-refractivity contribution in [2.45, 2.75) is 45.6 Å². The van der Waals surface area contributed by atoms with E-state index in [9.17, 15) is 9.90 Å². The van der Waals surface area contributed by atoms with Crippen LogP contribution in [0, 0.1) is 6.92 Å². The van der Waals surface area contributed by atoms with Crippen LogP contribution in [0.25, 0.3) is 16.6 Å². The van der Waals surface area contributed by atoms with Gasteiger partial charge in [-0.05, 0) is 81.1 Å². The number of ketones is 1. The highest BCUT2D eigenvalue weighted by Gasteiger charge is 2.31. The number of piperidine rings is 1. The lowest BCUT2D eigenvalue weighted by atomic mass is 9.99. The molecule has 1 aliphatic carbocycles. The van der Waals surface area contributed by atoms with Crippen LogP contribution in [-0.2, 0) is 19.4 Å². The topological polar surface area (TPSA) is 45.5 Å². The molecule has 0 bridgehead atoms. The van der Waals surface area contributed by atoms with Gasteiger partial charge in [-0.15, -0.1) is 0 Å². The summed E-state index contributed by atoms with van der Waals surface area (Å²) in [5.41, 5.74) is 7.84. The zero-order valence-electron chi connectivity index (χ0n) is 19.7. The Morgan fingerprint density at radius 2 is 1.65 bits per heavy atom. The van der Waals surface area contributed by atoms with Crippen molar-refractivity contribution in [3.8, 4) is 11.4 Å². The van der Waals surface area contributed by atoms with Crippen LogP contribution in [0.4, 0.5) is 0 Å². The molecular formula is C30H30N2O2. The summed E-state index contributed by atoms with van der Waals surface area (Å²) < 4.78 is 2.13. The first-order chi connectivity index (χ1) is 16.6. The molecule has 2 heterocycles. The van der Waals surface area contributed by atoms with Crippen LogP contribution in [0.15, 0.2) is 60.7 Å². The van der Waals surface area contributed by atoms with E-state index >= 15 is 0 Å². The van der Waals surface area contributed by atoms with E-state index in [1.165, 1.54) is 24.8 Å². The molecule has 0 spiro atoms. The summed E-state index contributed by atoms with van der Waals surface area (Å²) in [5.74, 6) is 0.402. The molecule has 6 rings (SSSR count). The third-order valence-corrected chi connectivity index (χ3v) is 7.56. The number of hydrogen-bond acceptors (Lipinski definition) is 3. The number of carbonyl (C=O) groups is 1. The van der Waals surface area contributed by atoms with Crippen LogP contribution in [-0.4, -0.2) is 33.4 Å². The van der Waals surface area contributed by atoms with Gasteiger partial charge in [-0.2, -0.15) is 0 Å². The number of aromatic hydroxyl groups is 1. The quantitative estimate of drug-likeness (QED) is 0.419. The Kier molecular flexibility index (Phi) is 5.26. The van der Waals surface area contributed by atoms with E-state index < -0.39 is 0 Å². The van der Waals surface area contributed by atoms with E-state index in [4.69, 9.17) is 0 Å². The normalized spacial score (nSPS) is 16.3. The first-order valence-electron chi connectivity index (χ1n) is 12.4. The van der Waals surface area contributed by atoms with E-state index in [0.29, 0.717) is 12.3 Å². The van der Waals surface area contributed by atoms with Crippen molar-refractivity contribution in [3.05, 3.63) is 94.2 Å². The average molecular weight is 451 g/mol. The van der Waals surface area contributed by atoms with Gasteiger partial charge >= 0.3 is 0 Å². The number of nitrogens with zero attached hydrogens (tertiary/aromatic N) is 2. The Balaban J connectivity index is 1.63. The molecule has 1 aliphatic heterocycles. The molecule has 0 unspecified atom stereocenters. The van der Waals surface area contributed by atoms with Crippen molar-refractivity contribution in [2.24, 2.45) is 0 Å². The zero-order chi connectivity index (χ0) is 23.2. The smallest absolute Gasteiger partial charge is 0.210 e. The Morgan fingerprint density at radius 1 is 0.882 bits per heavy atom. The summed E-state index contributed by atoms with van der Waals surface area (Å²) in [6.45, 7) is 4.91. The Hall–Kier alpha value is -3.37. The van der Waals surface area contributed by atoms with E-state index in [-0.39, 0.29) is 5.78 Å². The first-order valence-corrected chi connectivity index (χ1v) is 12.4. The second-order valence-corrected chi connectivity index (χ2v) is 9.78. The van der Waals surface area contributed by atoms with Crippen molar-refractivity contribution in [1.82, 2.24) is 9.47 Å².